The van der Waals surface area contributed by atoms with Crippen molar-refractivity contribution in [2.45, 2.75) is 50.6 Å². The van der Waals surface area contributed by atoms with Crippen molar-refractivity contribution in [3.63, 3.8) is 0 Å². The minimum atomic E-state index is -0.126. The van der Waals surface area contributed by atoms with Crippen LogP contribution in [0.5, 0.6) is 0 Å². The molecule has 41 heavy (non-hydrogen) atoms. The highest BCUT2D eigenvalue weighted by Gasteiger charge is 2.40. The van der Waals surface area contributed by atoms with Gasteiger partial charge < -0.3 is 15.0 Å². The number of rotatable bonds is 10. The number of aromatic nitrogens is 1. The van der Waals surface area contributed by atoms with Gasteiger partial charge in [0.05, 0.1) is 11.4 Å². The van der Waals surface area contributed by atoms with E-state index < -0.39 is 0 Å². The maximum atomic E-state index is 14.4. The van der Waals surface area contributed by atoms with Crippen LogP contribution in [0.1, 0.15) is 53.9 Å². The molecule has 1 saturated carbocycles. The number of amides is 1. The molecule has 0 radical (unpaired) electrons. The highest BCUT2D eigenvalue weighted by Crippen LogP contribution is 2.38. The van der Waals surface area contributed by atoms with Crippen molar-refractivity contribution in [2.24, 2.45) is 5.92 Å². The zero-order valence-corrected chi connectivity index (χ0v) is 23.8. The summed E-state index contributed by atoms with van der Waals surface area (Å²) in [6.45, 7) is 2.68. The van der Waals surface area contributed by atoms with E-state index in [1.54, 1.807) is 11.7 Å². The molecule has 6 rings (SSSR count). The number of carbonyl (C=O) groups excluding carboxylic acids is 2. The monoisotopic (exact) mass is 549 g/mol. The number of para-hydroxylation sites is 1. The van der Waals surface area contributed by atoms with Crippen LogP contribution in [0.2, 0.25) is 0 Å². The van der Waals surface area contributed by atoms with Gasteiger partial charge in [-0.1, -0.05) is 72.8 Å². The summed E-state index contributed by atoms with van der Waals surface area (Å²) in [5.74, 6) is 0.318. The van der Waals surface area contributed by atoms with Crippen molar-refractivity contribution in [1.29, 1.82) is 0 Å². The molecular weight excluding hydrogens is 510 g/mol. The van der Waals surface area contributed by atoms with Gasteiger partial charge in [-0.05, 0) is 66.5 Å². The van der Waals surface area contributed by atoms with Crippen LogP contribution < -0.4 is 5.32 Å². The Morgan fingerprint density at radius 3 is 2.54 bits per heavy atom. The SMILES string of the molecule is COCCCC(=O)n1cc(CN(C(=O)[C@H]2CNCC[C@@H]2c2cccc(-c3ccccc3)c2)C2CC2)c2ccccc21. The minimum absolute atomic E-state index is 0.0589. The summed E-state index contributed by atoms with van der Waals surface area (Å²) in [5.41, 5.74) is 5.56. The Bertz CT molecular complexity index is 1510. The molecule has 6 nitrogen and oxygen atoms in total. The number of nitrogens with zero attached hydrogens (tertiary/aromatic N) is 2. The van der Waals surface area contributed by atoms with E-state index in [0.29, 0.717) is 32.5 Å². The van der Waals surface area contributed by atoms with E-state index in [4.69, 9.17) is 4.74 Å². The van der Waals surface area contributed by atoms with E-state index in [-0.39, 0.29) is 29.7 Å². The molecule has 212 valence electrons. The van der Waals surface area contributed by atoms with Crippen LogP contribution >= 0.6 is 0 Å². The molecule has 1 amide bonds. The second-order valence-corrected chi connectivity index (χ2v) is 11.4. The lowest BCUT2D eigenvalue weighted by Crippen LogP contribution is -2.47. The highest BCUT2D eigenvalue weighted by atomic mass is 16.5. The fourth-order valence-electron chi connectivity index (χ4n) is 6.34. The van der Waals surface area contributed by atoms with Crippen molar-refractivity contribution >= 4 is 22.7 Å². The topological polar surface area (TPSA) is 63.6 Å². The van der Waals surface area contributed by atoms with Gasteiger partial charge in [0, 0.05) is 50.9 Å². The minimum Gasteiger partial charge on any atom is -0.385 e. The predicted octanol–water partition coefficient (Wildman–Crippen LogP) is 6.26. The molecule has 1 N–H and O–H groups in total. The molecule has 1 saturated heterocycles. The third-order valence-corrected chi connectivity index (χ3v) is 8.63. The molecule has 1 aliphatic carbocycles. The lowest BCUT2D eigenvalue weighted by Gasteiger charge is -2.36. The molecular formula is C35H39N3O3. The first-order valence-electron chi connectivity index (χ1n) is 14.9. The van der Waals surface area contributed by atoms with Gasteiger partial charge in [-0.15, -0.1) is 0 Å². The first-order chi connectivity index (χ1) is 20.1. The Morgan fingerprint density at radius 1 is 0.951 bits per heavy atom. The van der Waals surface area contributed by atoms with Crippen molar-refractivity contribution in [3.05, 3.63) is 96.2 Å². The largest absolute Gasteiger partial charge is 0.385 e. The molecule has 2 atom stereocenters. The summed E-state index contributed by atoms with van der Waals surface area (Å²) < 4.78 is 6.92. The number of benzene rings is 3. The Kier molecular flexibility index (Phi) is 8.31. The van der Waals surface area contributed by atoms with Gasteiger partial charge in [0.15, 0.2) is 0 Å². The van der Waals surface area contributed by atoms with E-state index in [2.05, 4.69) is 64.8 Å². The van der Waals surface area contributed by atoms with Crippen LogP contribution in [0, 0.1) is 5.92 Å². The Balaban J connectivity index is 1.27. The zero-order valence-electron chi connectivity index (χ0n) is 23.8. The van der Waals surface area contributed by atoms with Crippen molar-refractivity contribution in [3.8, 4) is 11.1 Å². The normalized spacial score (nSPS) is 18.9. The molecule has 4 aromatic rings. The van der Waals surface area contributed by atoms with Gasteiger partial charge in [-0.25, -0.2) is 0 Å². The second-order valence-electron chi connectivity index (χ2n) is 11.4. The predicted molar refractivity (Wildman–Crippen MR) is 163 cm³/mol. The molecule has 0 spiro atoms. The summed E-state index contributed by atoms with van der Waals surface area (Å²) in [6.07, 6.45) is 6.08. The number of hydrogen-bond acceptors (Lipinski definition) is 4. The third-order valence-electron chi connectivity index (χ3n) is 8.63. The summed E-state index contributed by atoms with van der Waals surface area (Å²) in [5, 5.41) is 4.55. The number of hydrogen-bond donors (Lipinski definition) is 1. The van der Waals surface area contributed by atoms with Gasteiger partial charge in [0.25, 0.3) is 0 Å². The van der Waals surface area contributed by atoms with Crippen molar-refractivity contribution in [2.75, 3.05) is 26.8 Å². The number of nitrogens with one attached hydrogen (secondary N) is 1. The summed E-state index contributed by atoms with van der Waals surface area (Å²) >= 11 is 0. The second kappa shape index (κ2) is 12.4. The summed E-state index contributed by atoms with van der Waals surface area (Å²) in [4.78, 5) is 29.6. The molecule has 2 heterocycles. The average Bonchev–Trinajstić information content (AvgIpc) is 3.81. The summed E-state index contributed by atoms with van der Waals surface area (Å²) in [6, 6.07) is 27.5. The van der Waals surface area contributed by atoms with Crippen LogP contribution in [0.25, 0.3) is 22.0 Å². The standard InChI is InChI=1S/C35H39N3O3/c1-41-20-8-15-34(39)38-24-28(31-13-5-6-14-33(31)38)23-37(29-16-17-29)35(40)32-22-36-19-18-30(32)27-12-7-11-26(21-27)25-9-3-2-4-10-25/h2-7,9-14,21,24,29-30,32,36H,8,15-20,22-23H2,1H3/t30-,32+/m1/s1. The molecule has 2 fully saturated rings. The molecule has 1 aliphatic heterocycles. The summed E-state index contributed by atoms with van der Waals surface area (Å²) in [7, 11) is 1.66. The van der Waals surface area contributed by atoms with Gasteiger partial charge in [0.2, 0.25) is 11.8 Å². The van der Waals surface area contributed by atoms with Gasteiger partial charge >= 0.3 is 0 Å². The number of carbonyl (C=O) groups is 2. The molecule has 0 unspecified atom stereocenters. The molecule has 2 aliphatic rings. The van der Waals surface area contributed by atoms with Gasteiger partial charge in [-0.2, -0.15) is 0 Å². The van der Waals surface area contributed by atoms with Crippen LogP contribution in [-0.4, -0.2) is 54.1 Å². The Morgan fingerprint density at radius 2 is 1.73 bits per heavy atom. The zero-order chi connectivity index (χ0) is 28.2. The van der Waals surface area contributed by atoms with Crippen LogP contribution in [0.3, 0.4) is 0 Å². The van der Waals surface area contributed by atoms with Crippen molar-refractivity contribution < 1.29 is 14.3 Å². The van der Waals surface area contributed by atoms with E-state index in [1.165, 1.54) is 16.7 Å². The first kappa shape index (κ1) is 27.4. The number of ether oxygens (including phenoxy) is 1. The van der Waals surface area contributed by atoms with Crippen LogP contribution in [0.4, 0.5) is 0 Å². The number of fused-ring (bicyclic) bond motifs is 1. The lowest BCUT2D eigenvalue weighted by molar-refractivity contribution is -0.138. The fraction of sp³-hybridized carbons (Fsp3) is 0.371. The number of piperidine rings is 1. The Hall–Kier alpha value is -3.74. The quantitative estimate of drug-likeness (QED) is 0.237. The highest BCUT2D eigenvalue weighted by molar-refractivity contribution is 5.94. The van der Waals surface area contributed by atoms with E-state index in [0.717, 1.165) is 42.3 Å². The maximum absolute atomic E-state index is 14.4. The van der Waals surface area contributed by atoms with E-state index in [9.17, 15) is 9.59 Å². The van der Waals surface area contributed by atoms with E-state index in [1.807, 2.05) is 30.5 Å². The molecule has 1 aromatic heterocycles. The maximum Gasteiger partial charge on any atom is 0.231 e. The molecule has 6 heteroatoms. The first-order valence-corrected chi connectivity index (χ1v) is 14.9. The third kappa shape index (κ3) is 5.99. The van der Waals surface area contributed by atoms with Crippen LogP contribution in [-0.2, 0) is 16.1 Å². The smallest absolute Gasteiger partial charge is 0.231 e. The lowest BCUT2D eigenvalue weighted by atomic mass is 9.79. The Labute approximate surface area is 242 Å². The van der Waals surface area contributed by atoms with E-state index >= 15 is 0 Å². The number of methoxy groups -OCH3 is 1. The molecule has 0 bridgehead atoms. The van der Waals surface area contributed by atoms with Crippen molar-refractivity contribution in [1.82, 2.24) is 14.8 Å². The van der Waals surface area contributed by atoms with Crippen LogP contribution in [0.15, 0.2) is 85.1 Å². The fourth-order valence-corrected chi connectivity index (χ4v) is 6.34. The van der Waals surface area contributed by atoms with Gasteiger partial charge in [-0.3, -0.25) is 14.2 Å². The average molecular weight is 550 g/mol. The molecule has 3 aromatic carbocycles. The van der Waals surface area contributed by atoms with Gasteiger partial charge in [0.1, 0.15) is 0 Å².